The standard InChI is InChI=1S/C21H23F2N5/c1-2-25-21(26-13-16-8-6-15(12-24)7-9-16)27-17-10-11-28(14-17)20-18(22)4-3-5-19(20)23/h3-9,17H,2,10-11,13-14H2,1H3,(H2,25,26,27). The van der Waals surface area contributed by atoms with E-state index >= 15 is 0 Å². The third kappa shape index (κ3) is 4.77. The van der Waals surface area contributed by atoms with Crippen LogP contribution in [0.3, 0.4) is 0 Å². The Morgan fingerprint density at radius 1 is 1.21 bits per heavy atom. The third-order valence-electron chi connectivity index (χ3n) is 4.63. The van der Waals surface area contributed by atoms with Gasteiger partial charge in [0, 0.05) is 25.7 Å². The summed E-state index contributed by atoms with van der Waals surface area (Å²) in [7, 11) is 0. The molecule has 0 aromatic heterocycles. The van der Waals surface area contributed by atoms with Gasteiger partial charge in [0.1, 0.15) is 17.3 Å². The van der Waals surface area contributed by atoms with Crippen LogP contribution >= 0.6 is 0 Å². The van der Waals surface area contributed by atoms with Gasteiger partial charge in [0.25, 0.3) is 0 Å². The molecule has 3 rings (SSSR count). The Labute approximate surface area is 163 Å². The second-order valence-corrected chi connectivity index (χ2v) is 6.65. The Hall–Kier alpha value is -3.14. The first-order chi connectivity index (χ1) is 13.6. The molecule has 1 unspecified atom stereocenters. The zero-order chi connectivity index (χ0) is 19.9. The van der Waals surface area contributed by atoms with E-state index in [1.165, 1.54) is 18.2 Å². The minimum Gasteiger partial charge on any atom is -0.365 e. The van der Waals surface area contributed by atoms with Gasteiger partial charge in [0.2, 0.25) is 0 Å². The van der Waals surface area contributed by atoms with Gasteiger partial charge in [-0.3, -0.25) is 0 Å². The van der Waals surface area contributed by atoms with Gasteiger partial charge in [-0.15, -0.1) is 0 Å². The van der Waals surface area contributed by atoms with Crippen molar-refractivity contribution >= 4 is 11.6 Å². The average Bonchev–Trinajstić information content (AvgIpc) is 3.14. The maximum Gasteiger partial charge on any atom is 0.191 e. The van der Waals surface area contributed by atoms with Crippen LogP contribution in [0.4, 0.5) is 14.5 Å². The zero-order valence-electron chi connectivity index (χ0n) is 15.8. The van der Waals surface area contributed by atoms with E-state index in [1.807, 2.05) is 19.1 Å². The van der Waals surface area contributed by atoms with Gasteiger partial charge in [-0.05, 0) is 43.2 Å². The minimum atomic E-state index is -0.540. The number of guanidine groups is 1. The summed E-state index contributed by atoms with van der Waals surface area (Å²) in [6.07, 6.45) is 0.759. The van der Waals surface area contributed by atoms with Gasteiger partial charge in [0.05, 0.1) is 18.2 Å². The number of rotatable bonds is 5. The highest BCUT2D eigenvalue weighted by Crippen LogP contribution is 2.26. The van der Waals surface area contributed by atoms with Crippen molar-refractivity contribution in [2.45, 2.75) is 25.9 Å². The van der Waals surface area contributed by atoms with Crippen molar-refractivity contribution < 1.29 is 8.78 Å². The summed E-state index contributed by atoms with van der Waals surface area (Å²) in [5.74, 6) is -0.420. The first kappa shape index (κ1) is 19.6. The largest absolute Gasteiger partial charge is 0.365 e. The number of hydrogen-bond donors (Lipinski definition) is 2. The Morgan fingerprint density at radius 3 is 2.57 bits per heavy atom. The normalized spacial score (nSPS) is 16.7. The third-order valence-corrected chi connectivity index (χ3v) is 4.63. The molecule has 28 heavy (non-hydrogen) atoms. The zero-order valence-corrected chi connectivity index (χ0v) is 15.8. The predicted molar refractivity (Wildman–Crippen MR) is 106 cm³/mol. The summed E-state index contributed by atoms with van der Waals surface area (Å²) in [5, 5.41) is 15.4. The monoisotopic (exact) mass is 383 g/mol. The number of hydrogen-bond acceptors (Lipinski definition) is 3. The Balaban J connectivity index is 1.63. The van der Waals surface area contributed by atoms with Crippen LogP contribution in [0.25, 0.3) is 0 Å². The molecule has 0 radical (unpaired) electrons. The highest BCUT2D eigenvalue weighted by Gasteiger charge is 2.27. The fourth-order valence-electron chi connectivity index (χ4n) is 3.24. The topological polar surface area (TPSA) is 63.5 Å². The van der Waals surface area contributed by atoms with Crippen LogP contribution in [0.2, 0.25) is 0 Å². The summed E-state index contributed by atoms with van der Waals surface area (Å²) in [4.78, 5) is 6.31. The summed E-state index contributed by atoms with van der Waals surface area (Å²) in [6.45, 7) is 4.23. The Morgan fingerprint density at radius 2 is 1.93 bits per heavy atom. The van der Waals surface area contributed by atoms with Gasteiger partial charge in [-0.1, -0.05) is 18.2 Å². The molecular weight excluding hydrogens is 360 g/mol. The fourth-order valence-corrected chi connectivity index (χ4v) is 3.24. The number of anilines is 1. The summed E-state index contributed by atoms with van der Waals surface area (Å²) in [6, 6.07) is 13.4. The maximum absolute atomic E-state index is 14.0. The van der Waals surface area contributed by atoms with Crippen LogP contribution in [-0.2, 0) is 6.54 Å². The highest BCUT2D eigenvalue weighted by atomic mass is 19.1. The molecule has 0 saturated carbocycles. The van der Waals surface area contributed by atoms with E-state index in [4.69, 9.17) is 5.26 Å². The maximum atomic E-state index is 14.0. The second-order valence-electron chi connectivity index (χ2n) is 6.65. The minimum absolute atomic E-state index is 0.0336. The Bertz CT molecular complexity index is 853. The van der Waals surface area contributed by atoms with Crippen LogP contribution in [0.5, 0.6) is 0 Å². The van der Waals surface area contributed by atoms with E-state index in [1.54, 1.807) is 17.0 Å². The van der Waals surface area contributed by atoms with E-state index in [-0.39, 0.29) is 11.7 Å². The number of para-hydroxylation sites is 1. The van der Waals surface area contributed by atoms with E-state index in [2.05, 4.69) is 21.7 Å². The van der Waals surface area contributed by atoms with Crippen LogP contribution in [0.15, 0.2) is 47.5 Å². The molecule has 0 aliphatic carbocycles. The second kappa shape index (κ2) is 9.18. The van der Waals surface area contributed by atoms with Crippen LogP contribution < -0.4 is 15.5 Å². The number of halogens is 2. The molecule has 1 atom stereocenters. The van der Waals surface area contributed by atoms with Crippen molar-refractivity contribution in [3.63, 3.8) is 0 Å². The van der Waals surface area contributed by atoms with Gasteiger partial charge >= 0.3 is 0 Å². The van der Waals surface area contributed by atoms with Crippen molar-refractivity contribution in [2.75, 3.05) is 24.5 Å². The number of nitrogens with one attached hydrogen (secondary N) is 2. The molecule has 0 bridgehead atoms. The quantitative estimate of drug-likeness (QED) is 0.615. The molecule has 1 fully saturated rings. The Kier molecular flexibility index (Phi) is 6.43. The molecule has 1 saturated heterocycles. The lowest BCUT2D eigenvalue weighted by Crippen LogP contribution is -2.44. The molecule has 0 amide bonds. The van der Waals surface area contributed by atoms with E-state index in [0.29, 0.717) is 37.7 Å². The number of aliphatic imine (C=N–C) groups is 1. The molecule has 2 aromatic carbocycles. The van der Waals surface area contributed by atoms with Crippen molar-refractivity contribution in [1.82, 2.24) is 10.6 Å². The van der Waals surface area contributed by atoms with Crippen LogP contribution in [-0.4, -0.2) is 31.6 Å². The van der Waals surface area contributed by atoms with Gasteiger partial charge in [-0.25, -0.2) is 13.8 Å². The van der Waals surface area contributed by atoms with Gasteiger partial charge in [-0.2, -0.15) is 5.26 Å². The molecule has 2 N–H and O–H groups in total. The number of benzene rings is 2. The van der Waals surface area contributed by atoms with Crippen molar-refractivity contribution in [2.24, 2.45) is 4.99 Å². The lowest BCUT2D eigenvalue weighted by Gasteiger charge is -2.21. The van der Waals surface area contributed by atoms with E-state index < -0.39 is 11.6 Å². The molecule has 5 nitrogen and oxygen atoms in total. The number of nitriles is 1. The SMILES string of the molecule is CCNC(=NCc1ccc(C#N)cc1)NC1CCN(c2c(F)cccc2F)C1. The van der Waals surface area contributed by atoms with Crippen molar-refractivity contribution in [3.8, 4) is 6.07 Å². The smallest absolute Gasteiger partial charge is 0.191 e. The summed E-state index contributed by atoms with van der Waals surface area (Å²) < 4.78 is 28.0. The van der Waals surface area contributed by atoms with Crippen LogP contribution in [0, 0.1) is 23.0 Å². The summed E-state index contributed by atoms with van der Waals surface area (Å²) in [5.41, 5.74) is 1.65. The highest BCUT2D eigenvalue weighted by molar-refractivity contribution is 5.80. The molecule has 0 spiro atoms. The molecule has 1 aliphatic heterocycles. The first-order valence-electron chi connectivity index (χ1n) is 9.33. The van der Waals surface area contributed by atoms with Gasteiger partial charge < -0.3 is 15.5 Å². The van der Waals surface area contributed by atoms with Crippen LogP contribution in [0.1, 0.15) is 24.5 Å². The molecule has 7 heteroatoms. The summed E-state index contributed by atoms with van der Waals surface area (Å²) >= 11 is 0. The molecule has 1 aliphatic rings. The van der Waals surface area contributed by atoms with Crippen molar-refractivity contribution in [3.05, 3.63) is 65.2 Å². The predicted octanol–water partition coefficient (Wildman–Crippen LogP) is 3.17. The number of nitrogens with zero attached hydrogens (tertiary/aromatic N) is 3. The first-order valence-corrected chi connectivity index (χ1v) is 9.33. The molecule has 1 heterocycles. The van der Waals surface area contributed by atoms with Gasteiger partial charge in [0.15, 0.2) is 5.96 Å². The average molecular weight is 383 g/mol. The lowest BCUT2D eigenvalue weighted by molar-refractivity contribution is 0.576. The van der Waals surface area contributed by atoms with Crippen molar-refractivity contribution in [1.29, 1.82) is 5.26 Å². The van der Waals surface area contributed by atoms with E-state index in [0.717, 1.165) is 12.0 Å². The molecular formula is C21H23F2N5. The van der Waals surface area contributed by atoms with E-state index in [9.17, 15) is 8.78 Å². The fraction of sp³-hybridized carbons (Fsp3) is 0.333. The molecule has 146 valence electrons. The molecule has 2 aromatic rings. The lowest BCUT2D eigenvalue weighted by atomic mass is 10.1.